The molecule has 2 aliphatic rings. The molecule has 2 aliphatic heterocycles. The first-order chi connectivity index (χ1) is 17.2. The molecule has 2 aromatic carbocycles. The van der Waals surface area contributed by atoms with Gasteiger partial charge in [0.15, 0.2) is 6.61 Å². The number of rotatable bonds is 6. The molecule has 2 aromatic rings. The zero-order valence-corrected chi connectivity index (χ0v) is 20.4. The number of nitro groups is 1. The van der Waals surface area contributed by atoms with Gasteiger partial charge in [0.05, 0.1) is 17.6 Å². The summed E-state index contributed by atoms with van der Waals surface area (Å²) in [5.74, 6) is -0.726. The van der Waals surface area contributed by atoms with E-state index in [1.807, 2.05) is 31.2 Å². The van der Waals surface area contributed by atoms with Crippen LogP contribution in [0.3, 0.4) is 0 Å². The molecule has 2 fully saturated rings. The number of methoxy groups -OCH3 is 1. The van der Waals surface area contributed by atoms with Crippen molar-refractivity contribution in [1.82, 2.24) is 9.80 Å². The maximum absolute atomic E-state index is 13.3. The molecular formula is C26H29N3O7. The van der Waals surface area contributed by atoms with Gasteiger partial charge in [-0.15, -0.1) is 0 Å². The van der Waals surface area contributed by atoms with Crippen molar-refractivity contribution in [3.05, 3.63) is 69.3 Å². The number of piperidine rings is 1. The van der Waals surface area contributed by atoms with E-state index < -0.39 is 22.5 Å². The minimum atomic E-state index is -0.917. The number of nitro benzene ring substituents is 1. The van der Waals surface area contributed by atoms with Gasteiger partial charge in [-0.3, -0.25) is 19.7 Å². The lowest BCUT2D eigenvalue weighted by Gasteiger charge is -2.39. The molecule has 2 amide bonds. The van der Waals surface area contributed by atoms with Crippen molar-refractivity contribution in [3.63, 3.8) is 0 Å². The quantitative estimate of drug-likeness (QED) is 0.343. The van der Waals surface area contributed by atoms with Gasteiger partial charge in [0.1, 0.15) is 11.3 Å². The topological polar surface area (TPSA) is 119 Å². The number of aryl methyl sites for hydroxylation is 1. The van der Waals surface area contributed by atoms with E-state index in [4.69, 9.17) is 9.47 Å². The highest BCUT2D eigenvalue weighted by Crippen LogP contribution is 2.41. The van der Waals surface area contributed by atoms with Gasteiger partial charge in [0.25, 0.3) is 17.5 Å². The van der Waals surface area contributed by atoms with Gasteiger partial charge in [-0.05, 0) is 49.3 Å². The molecule has 0 unspecified atom stereocenters. The Morgan fingerprint density at radius 3 is 2.31 bits per heavy atom. The number of para-hydroxylation sites is 1. The predicted molar refractivity (Wildman–Crippen MR) is 130 cm³/mol. The lowest BCUT2D eigenvalue weighted by Crippen LogP contribution is -2.46. The van der Waals surface area contributed by atoms with Crippen LogP contribution in [-0.4, -0.2) is 72.4 Å². The van der Waals surface area contributed by atoms with E-state index in [1.54, 1.807) is 9.80 Å². The molecule has 0 saturated carbocycles. The van der Waals surface area contributed by atoms with Crippen LogP contribution in [0.4, 0.5) is 5.69 Å². The Labute approximate surface area is 208 Å². The maximum atomic E-state index is 13.3. The maximum Gasteiger partial charge on any atom is 0.345 e. The van der Waals surface area contributed by atoms with Crippen molar-refractivity contribution < 1.29 is 28.8 Å². The normalized spacial score (nSPS) is 16.6. The second kappa shape index (κ2) is 10.3. The second-order valence-electron chi connectivity index (χ2n) is 9.36. The summed E-state index contributed by atoms with van der Waals surface area (Å²) in [6.45, 7) is 4.00. The highest BCUT2D eigenvalue weighted by atomic mass is 16.6. The van der Waals surface area contributed by atoms with Crippen LogP contribution < -0.4 is 4.74 Å². The number of likely N-dealkylation sites (tertiary alicyclic amines) is 2. The fraction of sp³-hybridized carbons (Fsp3) is 0.423. The molecule has 4 rings (SSSR count). The Kier molecular flexibility index (Phi) is 7.23. The molecule has 0 aliphatic carbocycles. The van der Waals surface area contributed by atoms with Crippen LogP contribution in [0.2, 0.25) is 0 Å². The highest BCUT2D eigenvalue weighted by Gasteiger charge is 2.43. The number of hydrogen-bond donors (Lipinski definition) is 0. The van der Waals surface area contributed by atoms with Crippen LogP contribution in [-0.2, 0) is 9.53 Å². The second-order valence-corrected chi connectivity index (χ2v) is 9.36. The Morgan fingerprint density at radius 2 is 1.67 bits per heavy atom. The van der Waals surface area contributed by atoms with E-state index >= 15 is 0 Å². The number of esters is 1. The Bertz CT molecular complexity index is 1190. The third-order valence-electron chi connectivity index (χ3n) is 7.21. The van der Waals surface area contributed by atoms with Gasteiger partial charge < -0.3 is 19.3 Å². The number of carbonyl (C=O) groups is 3. The molecule has 0 radical (unpaired) electrons. The minimum absolute atomic E-state index is 0.0223. The molecule has 0 aromatic heterocycles. The number of benzene rings is 2. The summed E-state index contributed by atoms with van der Waals surface area (Å²) in [5.41, 5.74) is 0.0216. The van der Waals surface area contributed by atoms with Crippen LogP contribution in [0, 0.1) is 22.5 Å². The standard InChI is InChI=1S/C26H29N3O7/c1-18-6-3-4-9-21(18)36-16-22(30)27-13-10-26(11-14-27)12-15-28(17-26)24(31)19-7-5-8-20(29(33)34)23(19)25(32)35-2/h3-9H,10-17H2,1-2H3. The SMILES string of the molecule is COC(=O)c1c(C(=O)N2CCC3(CCN(C(=O)COc4ccccc4C)CC3)C2)cccc1[N+](=O)[O-]. The Hall–Kier alpha value is -3.95. The molecule has 0 N–H and O–H groups in total. The molecule has 0 atom stereocenters. The Morgan fingerprint density at radius 1 is 1.00 bits per heavy atom. The van der Waals surface area contributed by atoms with Crippen molar-refractivity contribution in [2.45, 2.75) is 26.2 Å². The molecule has 190 valence electrons. The molecule has 1 spiro atoms. The Balaban J connectivity index is 1.38. The van der Waals surface area contributed by atoms with E-state index in [0.29, 0.717) is 31.9 Å². The zero-order valence-electron chi connectivity index (χ0n) is 20.4. The first kappa shape index (κ1) is 25.2. The van der Waals surface area contributed by atoms with E-state index in [-0.39, 0.29) is 29.1 Å². The van der Waals surface area contributed by atoms with Crippen molar-refractivity contribution in [3.8, 4) is 5.75 Å². The van der Waals surface area contributed by atoms with Crippen molar-refractivity contribution in [1.29, 1.82) is 0 Å². The average molecular weight is 496 g/mol. The molecule has 36 heavy (non-hydrogen) atoms. The summed E-state index contributed by atoms with van der Waals surface area (Å²) in [6.07, 6.45) is 2.25. The van der Waals surface area contributed by atoms with Gasteiger partial charge in [-0.25, -0.2) is 4.79 Å². The summed E-state index contributed by atoms with van der Waals surface area (Å²) in [4.78, 5) is 52.5. The van der Waals surface area contributed by atoms with Gasteiger partial charge in [-0.2, -0.15) is 0 Å². The summed E-state index contributed by atoms with van der Waals surface area (Å²) < 4.78 is 10.4. The molecule has 10 nitrogen and oxygen atoms in total. The first-order valence-corrected chi connectivity index (χ1v) is 11.9. The van der Waals surface area contributed by atoms with Crippen molar-refractivity contribution in [2.75, 3.05) is 39.9 Å². The highest BCUT2D eigenvalue weighted by molar-refractivity contribution is 6.08. The first-order valence-electron chi connectivity index (χ1n) is 11.9. The largest absolute Gasteiger partial charge is 0.484 e. The summed E-state index contributed by atoms with van der Waals surface area (Å²) in [5, 5.41) is 11.4. The van der Waals surface area contributed by atoms with Gasteiger partial charge in [0, 0.05) is 32.2 Å². The van der Waals surface area contributed by atoms with Crippen LogP contribution >= 0.6 is 0 Å². The number of amides is 2. The zero-order chi connectivity index (χ0) is 25.9. The minimum Gasteiger partial charge on any atom is -0.484 e. The van der Waals surface area contributed by atoms with E-state index in [0.717, 1.165) is 31.9 Å². The lowest BCUT2D eigenvalue weighted by atomic mass is 9.78. The van der Waals surface area contributed by atoms with Crippen molar-refractivity contribution in [2.24, 2.45) is 5.41 Å². The predicted octanol–water partition coefficient (Wildman–Crippen LogP) is 3.22. The third-order valence-corrected chi connectivity index (χ3v) is 7.21. The average Bonchev–Trinajstić information content (AvgIpc) is 3.30. The fourth-order valence-electron chi connectivity index (χ4n) is 5.05. The van der Waals surface area contributed by atoms with Gasteiger partial charge in [-0.1, -0.05) is 24.3 Å². The van der Waals surface area contributed by atoms with Gasteiger partial charge >= 0.3 is 5.97 Å². The molecule has 2 heterocycles. The fourth-order valence-corrected chi connectivity index (χ4v) is 5.05. The number of nitrogens with zero attached hydrogens (tertiary/aromatic N) is 3. The summed E-state index contributed by atoms with van der Waals surface area (Å²) in [6, 6.07) is 11.6. The molecular weight excluding hydrogens is 466 g/mol. The van der Waals surface area contributed by atoms with Gasteiger partial charge in [0.2, 0.25) is 0 Å². The lowest BCUT2D eigenvalue weighted by molar-refractivity contribution is -0.385. The number of ether oxygens (including phenoxy) is 2. The third kappa shape index (κ3) is 5.02. The molecule has 10 heteroatoms. The van der Waals surface area contributed by atoms with Crippen LogP contribution in [0.25, 0.3) is 0 Å². The van der Waals surface area contributed by atoms with Crippen molar-refractivity contribution >= 4 is 23.5 Å². The molecule has 0 bridgehead atoms. The smallest absolute Gasteiger partial charge is 0.345 e. The van der Waals surface area contributed by atoms with Crippen LogP contribution in [0.5, 0.6) is 5.75 Å². The van der Waals surface area contributed by atoms with E-state index in [9.17, 15) is 24.5 Å². The summed E-state index contributed by atoms with van der Waals surface area (Å²) >= 11 is 0. The summed E-state index contributed by atoms with van der Waals surface area (Å²) in [7, 11) is 1.12. The number of carbonyl (C=O) groups excluding carboxylic acids is 3. The van der Waals surface area contributed by atoms with Crippen LogP contribution in [0.1, 0.15) is 45.5 Å². The number of hydrogen-bond acceptors (Lipinski definition) is 7. The molecule has 2 saturated heterocycles. The van der Waals surface area contributed by atoms with Crippen LogP contribution in [0.15, 0.2) is 42.5 Å². The monoisotopic (exact) mass is 495 g/mol. The van der Waals surface area contributed by atoms with E-state index in [1.165, 1.54) is 18.2 Å². The van der Waals surface area contributed by atoms with E-state index in [2.05, 4.69) is 0 Å².